The zero-order valence-corrected chi connectivity index (χ0v) is 11.3. The van der Waals surface area contributed by atoms with Crippen LogP contribution in [0.3, 0.4) is 0 Å². The fourth-order valence-electron chi connectivity index (χ4n) is 2.87. The van der Waals surface area contributed by atoms with Crippen LogP contribution in [0.2, 0.25) is 0 Å². The molecule has 1 saturated carbocycles. The summed E-state index contributed by atoms with van der Waals surface area (Å²) in [5.74, 6) is 0.935. The van der Waals surface area contributed by atoms with Crippen molar-refractivity contribution in [3.05, 3.63) is 22.0 Å². The summed E-state index contributed by atoms with van der Waals surface area (Å²) in [6.07, 6.45) is 6.47. The third kappa shape index (κ3) is 2.78. The minimum Gasteiger partial charge on any atom is -0.303 e. The molecule has 0 N–H and O–H groups in total. The van der Waals surface area contributed by atoms with E-state index in [1.54, 1.807) is 13.1 Å². The summed E-state index contributed by atoms with van der Waals surface area (Å²) in [7, 11) is 0. The Morgan fingerprint density at radius 2 is 2.05 bits per heavy atom. The van der Waals surface area contributed by atoms with Gasteiger partial charge in [-0.15, -0.1) is 0 Å². The van der Waals surface area contributed by atoms with Gasteiger partial charge in [-0.05, 0) is 38.5 Å². The third-order valence-corrected chi connectivity index (χ3v) is 4.23. The predicted octanol–water partition coefficient (Wildman–Crippen LogP) is 2.15. The van der Waals surface area contributed by atoms with Gasteiger partial charge in [0.2, 0.25) is 0 Å². The van der Waals surface area contributed by atoms with E-state index in [1.165, 1.54) is 19.4 Å². The highest BCUT2D eigenvalue weighted by molar-refractivity contribution is 5.31. The predicted molar refractivity (Wildman–Crippen MR) is 71.1 cm³/mol. The molecule has 1 aliphatic heterocycles. The normalized spacial score (nSPS) is 21.7. The van der Waals surface area contributed by atoms with E-state index >= 15 is 0 Å². The molecule has 1 aromatic heterocycles. The van der Waals surface area contributed by atoms with Crippen LogP contribution >= 0.6 is 0 Å². The molecule has 0 aromatic carbocycles. The average Bonchev–Trinajstić information content (AvgIpc) is 3.10. The second-order valence-corrected chi connectivity index (χ2v) is 5.81. The van der Waals surface area contributed by atoms with Crippen LogP contribution in [0.4, 0.5) is 5.69 Å². The molecule has 1 saturated heterocycles. The SMILES string of the molecule is Cc1nn(C2CCN(CC3CC3)CC2)cc1[N+](=O)[O-]. The molecule has 0 unspecified atom stereocenters. The Labute approximate surface area is 112 Å². The van der Waals surface area contributed by atoms with Crippen molar-refractivity contribution in [3.8, 4) is 0 Å². The highest BCUT2D eigenvalue weighted by Crippen LogP contribution is 2.32. The fraction of sp³-hybridized carbons (Fsp3) is 0.769. The summed E-state index contributed by atoms with van der Waals surface area (Å²) in [6.45, 7) is 5.13. The number of nitrogens with zero attached hydrogens (tertiary/aromatic N) is 4. The van der Waals surface area contributed by atoms with Crippen molar-refractivity contribution in [2.24, 2.45) is 5.92 Å². The van der Waals surface area contributed by atoms with Crippen LogP contribution in [0.5, 0.6) is 0 Å². The second-order valence-electron chi connectivity index (χ2n) is 5.81. The minimum absolute atomic E-state index is 0.139. The van der Waals surface area contributed by atoms with Crippen LogP contribution in [-0.4, -0.2) is 39.2 Å². The van der Waals surface area contributed by atoms with E-state index in [2.05, 4.69) is 10.00 Å². The van der Waals surface area contributed by atoms with Gasteiger partial charge in [-0.3, -0.25) is 14.8 Å². The highest BCUT2D eigenvalue weighted by Gasteiger charge is 2.28. The summed E-state index contributed by atoms with van der Waals surface area (Å²) in [5, 5.41) is 15.2. The molecule has 2 fully saturated rings. The van der Waals surface area contributed by atoms with E-state index in [1.807, 2.05) is 4.68 Å². The fourth-order valence-corrected chi connectivity index (χ4v) is 2.87. The van der Waals surface area contributed by atoms with Crippen LogP contribution in [0.25, 0.3) is 0 Å². The van der Waals surface area contributed by atoms with E-state index in [-0.39, 0.29) is 10.6 Å². The Balaban J connectivity index is 1.61. The molecular formula is C13H20N4O2. The van der Waals surface area contributed by atoms with Gasteiger partial charge in [-0.2, -0.15) is 5.10 Å². The molecule has 1 aromatic rings. The Morgan fingerprint density at radius 1 is 1.37 bits per heavy atom. The van der Waals surface area contributed by atoms with Crippen LogP contribution in [0.15, 0.2) is 6.20 Å². The molecule has 6 heteroatoms. The largest absolute Gasteiger partial charge is 0.309 e. The van der Waals surface area contributed by atoms with Gasteiger partial charge < -0.3 is 4.90 Å². The van der Waals surface area contributed by atoms with Crippen molar-refractivity contribution in [3.63, 3.8) is 0 Å². The standard InChI is InChI=1S/C13H20N4O2/c1-10-13(17(18)19)9-16(14-10)12-4-6-15(7-5-12)8-11-2-3-11/h9,11-12H,2-8H2,1H3. The summed E-state index contributed by atoms with van der Waals surface area (Å²) in [4.78, 5) is 13.0. The van der Waals surface area contributed by atoms with Crippen molar-refractivity contribution in [1.82, 2.24) is 14.7 Å². The van der Waals surface area contributed by atoms with Crippen LogP contribution < -0.4 is 0 Å². The zero-order valence-electron chi connectivity index (χ0n) is 11.3. The van der Waals surface area contributed by atoms with E-state index in [4.69, 9.17) is 0 Å². The maximum absolute atomic E-state index is 10.8. The Kier molecular flexibility index (Phi) is 3.26. The van der Waals surface area contributed by atoms with Crippen LogP contribution in [0, 0.1) is 23.0 Å². The van der Waals surface area contributed by atoms with Crippen molar-refractivity contribution in [1.29, 1.82) is 0 Å². The Morgan fingerprint density at radius 3 is 2.58 bits per heavy atom. The van der Waals surface area contributed by atoms with E-state index in [0.717, 1.165) is 31.8 Å². The van der Waals surface area contributed by atoms with Gasteiger partial charge in [0, 0.05) is 19.6 Å². The number of likely N-dealkylation sites (tertiary alicyclic amines) is 1. The van der Waals surface area contributed by atoms with Crippen molar-refractivity contribution in [2.45, 2.75) is 38.6 Å². The molecular weight excluding hydrogens is 244 g/mol. The first kappa shape index (κ1) is 12.6. The Bertz CT molecular complexity index is 473. The van der Waals surface area contributed by atoms with Crippen molar-refractivity contribution >= 4 is 5.69 Å². The zero-order chi connectivity index (χ0) is 13.4. The molecule has 19 heavy (non-hydrogen) atoms. The molecule has 0 bridgehead atoms. The summed E-state index contributed by atoms with van der Waals surface area (Å²) < 4.78 is 1.81. The van der Waals surface area contributed by atoms with Gasteiger partial charge >= 0.3 is 5.69 Å². The maximum Gasteiger partial charge on any atom is 0.309 e. The third-order valence-electron chi connectivity index (χ3n) is 4.23. The van der Waals surface area contributed by atoms with E-state index < -0.39 is 0 Å². The molecule has 6 nitrogen and oxygen atoms in total. The van der Waals surface area contributed by atoms with Crippen LogP contribution in [-0.2, 0) is 0 Å². The van der Waals surface area contributed by atoms with E-state index in [9.17, 15) is 10.1 Å². The second kappa shape index (κ2) is 4.92. The molecule has 2 aliphatic rings. The van der Waals surface area contributed by atoms with Gasteiger partial charge in [0.1, 0.15) is 11.9 Å². The summed E-state index contributed by atoms with van der Waals surface area (Å²) in [5.41, 5.74) is 0.658. The quantitative estimate of drug-likeness (QED) is 0.617. The molecule has 0 radical (unpaired) electrons. The monoisotopic (exact) mass is 264 g/mol. The smallest absolute Gasteiger partial charge is 0.303 e. The molecule has 1 aliphatic carbocycles. The maximum atomic E-state index is 10.8. The van der Waals surface area contributed by atoms with Gasteiger partial charge in [0.15, 0.2) is 0 Å². The lowest BCUT2D eigenvalue weighted by Gasteiger charge is -2.31. The highest BCUT2D eigenvalue weighted by atomic mass is 16.6. The van der Waals surface area contributed by atoms with Gasteiger partial charge in [-0.1, -0.05) is 0 Å². The number of nitro groups is 1. The number of hydrogen-bond acceptors (Lipinski definition) is 4. The lowest BCUT2D eigenvalue weighted by atomic mass is 10.1. The number of aromatic nitrogens is 2. The average molecular weight is 264 g/mol. The molecule has 3 rings (SSSR count). The first-order valence-corrected chi connectivity index (χ1v) is 7.06. The number of aryl methyl sites for hydroxylation is 1. The van der Waals surface area contributed by atoms with Crippen molar-refractivity contribution < 1.29 is 4.92 Å². The first-order valence-electron chi connectivity index (χ1n) is 7.06. The van der Waals surface area contributed by atoms with Crippen molar-refractivity contribution in [2.75, 3.05) is 19.6 Å². The number of hydrogen-bond donors (Lipinski definition) is 0. The number of rotatable bonds is 4. The molecule has 0 spiro atoms. The minimum atomic E-state index is -0.346. The van der Waals surface area contributed by atoms with Crippen LogP contribution in [0.1, 0.15) is 37.4 Å². The van der Waals surface area contributed by atoms with Gasteiger partial charge in [0.05, 0.1) is 11.0 Å². The Hall–Kier alpha value is -1.43. The molecule has 0 atom stereocenters. The first-order chi connectivity index (χ1) is 9.13. The summed E-state index contributed by atoms with van der Waals surface area (Å²) in [6, 6.07) is 0.322. The molecule has 104 valence electrons. The molecule has 2 heterocycles. The van der Waals surface area contributed by atoms with Gasteiger partial charge in [-0.25, -0.2) is 0 Å². The topological polar surface area (TPSA) is 64.2 Å². The lowest BCUT2D eigenvalue weighted by molar-refractivity contribution is -0.385. The summed E-state index contributed by atoms with van der Waals surface area (Å²) >= 11 is 0. The van der Waals surface area contributed by atoms with Gasteiger partial charge in [0.25, 0.3) is 0 Å². The molecule has 0 amide bonds. The number of piperidine rings is 1. The van der Waals surface area contributed by atoms with E-state index in [0.29, 0.717) is 11.7 Å². The lowest BCUT2D eigenvalue weighted by Crippen LogP contribution is -2.36.